The first-order valence-electron chi connectivity index (χ1n) is 8.91. The molecule has 21 heavy (non-hydrogen) atoms. The standard InChI is InChI=1S/C17H33N3O/c1-13(2)20-10-14-5-4-6-15(11-20)17(14)18-9-16-12-19(3)7-8-21-16/h13-18H,4-12H2,1-3H3. The van der Waals surface area contributed by atoms with Crippen LogP contribution >= 0.6 is 0 Å². The molecular weight excluding hydrogens is 262 g/mol. The summed E-state index contributed by atoms with van der Waals surface area (Å²) in [6.07, 6.45) is 4.63. The highest BCUT2D eigenvalue weighted by molar-refractivity contribution is 4.96. The first-order chi connectivity index (χ1) is 10.1. The predicted molar refractivity (Wildman–Crippen MR) is 86.6 cm³/mol. The van der Waals surface area contributed by atoms with Crippen molar-refractivity contribution < 1.29 is 4.74 Å². The zero-order valence-corrected chi connectivity index (χ0v) is 14.1. The monoisotopic (exact) mass is 295 g/mol. The maximum atomic E-state index is 5.91. The summed E-state index contributed by atoms with van der Waals surface area (Å²) >= 11 is 0. The topological polar surface area (TPSA) is 27.7 Å². The van der Waals surface area contributed by atoms with Crippen LogP contribution in [0.15, 0.2) is 0 Å². The fraction of sp³-hybridized carbons (Fsp3) is 1.00. The first-order valence-corrected chi connectivity index (χ1v) is 8.91. The van der Waals surface area contributed by atoms with E-state index >= 15 is 0 Å². The van der Waals surface area contributed by atoms with Gasteiger partial charge in [0.1, 0.15) is 0 Å². The molecule has 4 heteroatoms. The SMILES string of the molecule is CC(C)N1CC2CCCC(C1)C2NCC1CN(C)CCO1. The lowest BCUT2D eigenvalue weighted by molar-refractivity contribution is -0.0285. The summed E-state index contributed by atoms with van der Waals surface area (Å²) in [5.41, 5.74) is 0. The van der Waals surface area contributed by atoms with Crippen LogP contribution in [0, 0.1) is 11.8 Å². The van der Waals surface area contributed by atoms with Crippen LogP contribution in [0.4, 0.5) is 0 Å². The molecule has 2 bridgehead atoms. The third-order valence-corrected chi connectivity index (χ3v) is 5.76. The summed E-state index contributed by atoms with van der Waals surface area (Å²) in [5.74, 6) is 1.70. The summed E-state index contributed by atoms with van der Waals surface area (Å²) in [6, 6.07) is 1.42. The number of morpholine rings is 1. The van der Waals surface area contributed by atoms with Crippen LogP contribution in [-0.2, 0) is 4.74 Å². The molecule has 3 unspecified atom stereocenters. The van der Waals surface area contributed by atoms with Gasteiger partial charge in [0.25, 0.3) is 0 Å². The number of ether oxygens (including phenoxy) is 1. The van der Waals surface area contributed by atoms with Gasteiger partial charge in [0.2, 0.25) is 0 Å². The number of likely N-dealkylation sites (N-methyl/N-ethyl adjacent to an activating group) is 1. The Morgan fingerprint density at radius 3 is 2.48 bits per heavy atom. The number of fused-ring (bicyclic) bond motifs is 2. The largest absolute Gasteiger partial charge is 0.374 e. The van der Waals surface area contributed by atoms with Crippen LogP contribution in [0.5, 0.6) is 0 Å². The van der Waals surface area contributed by atoms with Gasteiger partial charge in [-0.2, -0.15) is 0 Å². The van der Waals surface area contributed by atoms with Gasteiger partial charge in [0, 0.05) is 44.8 Å². The highest BCUT2D eigenvalue weighted by Crippen LogP contribution is 2.35. The molecule has 1 saturated carbocycles. The Morgan fingerprint density at radius 2 is 1.86 bits per heavy atom. The van der Waals surface area contributed by atoms with E-state index < -0.39 is 0 Å². The van der Waals surface area contributed by atoms with E-state index in [1.165, 1.54) is 32.4 Å². The lowest BCUT2D eigenvalue weighted by Crippen LogP contribution is -2.59. The third-order valence-electron chi connectivity index (χ3n) is 5.76. The molecule has 1 N–H and O–H groups in total. The van der Waals surface area contributed by atoms with Gasteiger partial charge in [-0.15, -0.1) is 0 Å². The van der Waals surface area contributed by atoms with Crippen molar-refractivity contribution in [2.45, 2.75) is 51.3 Å². The number of likely N-dealkylation sites (tertiary alicyclic amines) is 1. The fourth-order valence-corrected chi connectivity index (χ4v) is 4.49. The van der Waals surface area contributed by atoms with Crippen molar-refractivity contribution >= 4 is 0 Å². The van der Waals surface area contributed by atoms with E-state index in [-0.39, 0.29) is 0 Å². The van der Waals surface area contributed by atoms with E-state index in [1.54, 1.807) is 0 Å². The Labute approximate surface area is 130 Å². The fourth-order valence-electron chi connectivity index (χ4n) is 4.49. The molecule has 0 aromatic heterocycles. The second kappa shape index (κ2) is 6.95. The van der Waals surface area contributed by atoms with Crippen LogP contribution in [-0.4, -0.2) is 74.4 Å². The van der Waals surface area contributed by atoms with Gasteiger partial charge < -0.3 is 19.9 Å². The number of hydrogen-bond donors (Lipinski definition) is 1. The number of nitrogens with zero attached hydrogens (tertiary/aromatic N) is 2. The Bertz CT molecular complexity index is 322. The minimum atomic E-state index is 0.382. The molecule has 3 rings (SSSR count). The van der Waals surface area contributed by atoms with Gasteiger partial charge >= 0.3 is 0 Å². The van der Waals surface area contributed by atoms with Gasteiger partial charge in [0.05, 0.1) is 12.7 Å². The van der Waals surface area contributed by atoms with Gasteiger partial charge in [-0.05, 0) is 45.6 Å². The second-order valence-corrected chi connectivity index (χ2v) is 7.69. The smallest absolute Gasteiger partial charge is 0.0826 e. The Balaban J connectivity index is 1.53. The summed E-state index contributed by atoms with van der Waals surface area (Å²) < 4.78 is 5.91. The number of piperidine rings is 1. The van der Waals surface area contributed by atoms with Gasteiger partial charge in [-0.3, -0.25) is 0 Å². The molecule has 0 aromatic carbocycles. The van der Waals surface area contributed by atoms with Crippen LogP contribution in [0.25, 0.3) is 0 Å². The molecule has 122 valence electrons. The highest BCUT2D eigenvalue weighted by Gasteiger charge is 2.40. The Morgan fingerprint density at radius 1 is 1.14 bits per heavy atom. The number of nitrogens with one attached hydrogen (secondary N) is 1. The van der Waals surface area contributed by atoms with E-state index in [4.69, 9.17) is 4.74 Å². The molecule has 3 aliphatic rings. The van der Waals surface area contributed by atoms with Crippen LogP contribution < -0.4 is 5.32 Å². The molecule has 1 aliphatic carbocycles. The van der Waals surface area contributed by atoms with E-state index in [0.29, 0.717) is 12.1 Å². The molecule has 3 fully saturated rings. The summed E-state index contributed by atoms with van der Waals surface area (Å²) in [6.45, 7) is 11.3. The molecule has 0 amide bonds. The van der Waals surface area contributed by atoms with Crippen molar-refractivity contribution in [1.29, 1.82) is 0 Å². The summed E-state index contributed by atoms with van der Waals surface area (Å²) in [5, 5.41) is 3.90. The van der Waals surface area contributed by atoms with Crippen molar-refractivity contribution in [3.63, 3.8) is 0 Å². The molecule has 0 radical (unpaired) electrons. The predicted octanol–water partition coefficient (Wildman–Crippen LogP) is 1.42. The third kappa shape index (κ3) is 3.79. The molecule has 2 saturated heterocycles. The Hall–Kier alpha value is -0.160. The molecule has 3 atom stereocenters. The molecule has 4 nitrogen and oxygen atoms in total. The van der Waals surface area contributed by atoms with Crippen molar-refractivity contribution in [3.05, 3.63) is 0 Å². The van der Waals surface area contributed by atoms with Crippen molar-refractivity contribution in [2.24, 2.45) is 11.8 Å². The summed E-state index contributed by atoms with van der Waals surface area (Å²) in [4.78, 5) is 5.08. The van der Waals surface area contributed by atoms with E-state index in [9.17, 15) is 0 Å². The molecule has 0 aromatic rings. The van der Waals surface area contributed by atoms with Gasteiger partial charge in [-0.25, -0.2) is 0 Å². The Kier molecular flexibility index (Phi) is 5.20. The van der Waals surface area contributed by atoms with Crippen molar-refractivity contribution in [2.75, 3.05) is 46.4 Å². The molecule has 0 spiro atoms. The average molecular weight is 295 g/mol. The molecular formula is C17H33N3O. The van der Waals surface area contributed by atoms with Crippen LogP contribution in [0.2, 0.25) is 0 Å². The number of rotatable bonds is 4. The minimum Gasteiger partial charge on any atom is -0.374 e. The number of hydrogen-bond acceptors (Lipinski definition) is 4. The zero-order chi connectivity index (χ0) is 14.8. The normalized spacial score (nSPS) is 38.9. The van der Waals surface area contributed by atoms with Crippen LogP contribution in [0.1, 0.15) is 33.1 Å². The van der Waals surface area contributed by atoms with E-state index in [2.05, 4.69) is 36.0 Å². The molecule has 2 heterocycles. The minimum absolute atomic E-state index is 0.382. The van der Waals surface area contributed by atoms with Crippen molar-refractivity contribution in [3.8, 4) is 0 Å². The van der Waals surface area contributed by atoms with E-state index in [0.717, 1.165) is 44.1 Å². The quantitative estimate of drug-likeness (QED) is 0.849. The zero-order valence-electron chi connectivity index (χ0n) is 14.1. The molecule has 2 aliphatic heterocycles. The summed E-state index contributed by atoms with van der Waals surface area (Å²) in [7, 11) is 2.20. The average Bonchev–Trinajstić information content (AvgIpc) is 2.44. The highest BCUT2D eigenvalue weighted by atomic mass is 16.5. The second-order valence-electron chi connectivity index (χ2n) is 7.69. The maximum Gasteiger partial charge on any atom is 0.0826 e. The lowest BCUT2D eigenvalue weighted by Gasteiger charge is -2.49. The first kappa shape index (κ1) is 15.7. The van der Waals surface area contributed by atoms with Crippen molar-refractivity contribution in [1.82, 2.24) is 15.1 Å². The van der Waals surface area contributed by atoms with E-state index in [1.807, 2.05) is 0 Å². The van der Waals surface area contributed by atoms with Gasteiger partial charge in [-0.1, -0.05) is 6.42 Å². The lowest BCUT2D eigenvalue weighted by atomic mass is 9.73. The van der Waals surface area contributed by atoms with Crippen LogP contribution in [0.3, 0.4) is 0 Å². The maximum absolute atomic E-state index is 5.91. The van der Waals surface area contributed by atoms with Gasteiger partial charge in [0.15, 0.2) is 0 Å².